The predicted octanol–water partition coefficient (Wildman–Crippen LogP) is 2.87. The van der Waals surface area contributed by atoms with E-state index in [2.05, 4.69) is 18.8 Å². The topological polar surface area (TPSA) is 111 Å². The van der Waals surface area contributed by atoms with Crippen molar-refractivity contribution in [2.75, 3.05) is 91.1 Å². The summed E-state index contributed by atoms with van der Waals surface area (Å²) in [4.78, 5) is 22.9. The molecular weight excluding hydrogens is 470 g/mol. The van der Waals surface area contributed by atoms with Crippen LogP contribution in [-0.4, -0.2) is 97.8 Å². The first-order valence-electron chi connectivity index (χ1n) is 12.4. The largest absolute Gasteiger partial charge is 0.460 e. The Hall–Kier alpha value is -2.50. The zero-order valence-corrected chi connectivity index (χ0v) is 21.4. The molecule has 0 saturated carbocycles. The summed E-state index contributed by atoms with van der Waals surface area (Å²) >= 11 is 0. The van der Waals surface area contributed by atoms with Gasteiger partial charge < -0.3 is 38.5 Å². The molecule has 0 atom stereocenters. The molecule has 1 aromatic rings. The van der Waals surface area contributed by atoms with Gasteiger partial charge in [0.05, 0.1) is 71.6 Å². The third-order valence-corrected chi connectivity index (χ3v) is 4.57. The Morgan fingerprint density at radius 3 is 1.61 bits per heavy atom. The van der Waals surface area contributed by atoms with E-state index in [-0.39, 0.29) is 19.2 Å². The number of unbranched alkanes of at least 4 members (excludes halogenated alkanes) is 1. The van der Waals surface area contributed by atoms with Crippen molar-refractivity contribution in [3.63, 3.8) is 0 Å². The van der Waals surface area contributed by atoms with Crippen molar-refractivity contribution in [3.05, 3.63) is 42.5 Å². The quantitative estimate of drug-likeness (QED) is 0.126. The SMILES string of the molecule is C=CC(=O)OCCOCCOCCOCCOCCOCCOC(=O)c1ccc(NCCCC)cc1. The van der Waals surface area contributed by atoms with Gasteiger partial charge in [0.15, 0.2) is 0 Å². The summed E-state index contributed by atoms with van der Waals surface area (Å²) < 4.78 is 36.8. The smallest absolute Gasteiger partial charge is 0.338 e. The van der Waals surface area contributed by atoms with Crippen LogP contribution < -0.4 is 5.32 Å². The van der Waals surface area contributed by atoms with Crippen LogP contribution in [0.1, 0.15) is 30.1 Å². The molecule has 0 aromatic heterocycles. The summed E-state index contributed by atoms with van der Waals surface area (Å²) in [6.07, 6.45) is 3.35. The lowest BCUT2D eigenvalue weighted by Gasteiger charge is -2.09. The standard InChI is InChI=1S/C26H41NO9/c1-3-5-10-27-24-8-6-23(7-9-24)26(29)36-22-20-34-18-16-32-14-12-30-11-13-31-15-17-33-19-21-35-25(28)4-2/h4,6-9,27H,2-3,5,10-22H2,1H3. The maximum absolute atomic E-state index is 12.0. The molecule has 0 radical (unpaired) electrons. The maximum atomic E-state index is 12.0. The molecule has 1 N–H and O–H groups in total. The highest BCUT2D eigenvalue weighted by Gasteiger charge is 2.06. The molecule has 204 valence electrons. The van der Waals surface area contributed by atoms with E-state index in [1.54, 1.807) is 12.1 Å². The molecule has 0 heterocycles. The van der Waals surface area contributed by atoms with Gasteiger partial charge in [-0.05, 0) is 30.7 Å². The van der Waals surface area contributed by atoms with Gasteiger partial charge in [-0.25, -0.2) is 9.59 Å². The Bertz CT molecular complexity index is 697. The Morgan fingerprint density at radius 2 is 1.17 bits per heavy atom. The third-order valence-electron chi connectivity index (χ3n) is 4.57. The van der Waals surface area contributed by atoms with E-state index in [1.807, 2.05) is 12.1 Å². The van der Waals surface area contributed by atoms with Gasteiger partial charge in [0, 0.05) is 18.3 Å². The minimum atomic E-state index is -0.463. The minimum absolute atomic E-state index is 0.187. The second-order valence-corrected chi connectivity index (χ2v) is 7.43. The molecule has 0 unspecified atom stereocenters. The van der Waals surface area contributed by atoms with Gasteiger partial charge in [-0.1, -0.05) is 19.9 Å². The molecule has 0 aliphatic heterocycles. The van der Waals surface area contributed by atoms with Crippen LogP contribution in [0.2, 0.25) is 0 Å². The van der Waals surface area contributed by atoms with Crippen LogP contribution in [0.25, 0.3) is 0 Å². The fourth-order valence-electron chi connectivity index (χ4n) is 2.65. The first kappa shape index (κ1) is 31.5. The molecule has 0 saturated heterocycles. The van der Waals surface area contributed by atoms with Gasteiger partial charge in [0.1, 0.15) is 13.2 Å². The third kappa shape index (κ3) is 17.9. The summed E-state index contributed by atoms with van der Waals surface area (Å²) in [5.41, 5.74) is 1.51. The van der Waals surface area contributed by atoms with Crippen molar-refractivity contribution in [2.45, 2.75) is 19.8 Å². The van der Waals surface area contributed by atoms with Crippen LogP contribution >= 0.6 is 0 Å². The van der Waals surface area contributed by atoms with E-state index in [0.717, 1.165) is 31.1 Å². The molecular formula is C26H41NO9. The summed E-state index contributed by atoms with van der Waals surface area (Å²) in [5.74, 6) is -0.829. The van der Waals surface area contributed by atoms with Gasteiger partial charge in [-0.3, -0.25) is 0 Å². The van der Waals surface area contributed by atoms with E-state index in [4.69, 9.17) is 33.2 Å². The number of ether oxygens (including phenoxy) is 7. The number of nitrogens with one attached hydrogen (secondary N) is 1. The van der Waals surface area contributed by atoms with Gasteiger partial charge in [0.2, 0.25) is 0 Å². The van der Waals surface area contributed by atoms with Crippen molar-refractivity contribution in [3.8, 4) is 0 Å². The Labute approximate surface area is 214 Å². The van der Waals surface area contributed by atoms with Crippen LogP contribution in [0.4, 0.5) is 5.69 Å². The van der Waals surface area contributed by atoms with Crippen molar-refractivity contribution in [1.82, 2.24) is 0 Å². The average Bonchev–Trinajstić information content (AvgIpc) is 2.90. The van der Waals surface area contributed by atoms with Crippen LogP contribution in [0.3, 0.4) is 0 Å². The van der Waals surface area contributed by atoms with E-state index in [0.29, 0.717) is 71.6 Å². The summed E-state index contributed by atoms with van der Waals surface area (Å²) in [7, 11) is 0. The number of benzene rings is 1. The number of hydrogen-bond donors (Lipinski definition) is 1. The highest BCUT2D eigenvalue weighted by atomic mass is 16.6. The Morgan fingerprint density at radius 1 is 0.722 bits per heavy atom. The molecule has 0 aliphatic carbocycles. The zero-order chi connectivity index (χ0) is 26.1. The van der Waals surface area contributed by atoms with Crippen molar-refractivity contribution >= 4 is 17.6 Å². The molecule has 0 aliphatic rings. The molecule has 1 aromatic carbocycles. The van der Waals surface area contributed by atoms with Crippen molar-refractivity contribution in [1.29, 1.82) is 0 Å². The Balaban J connectivity index is 1.82. The first-order valence-corrected chi connectivity index (χ1v) is 12.4. The van der Waals surface area contributed by atoms with Crippen molar-refractivity contribution in [2.24, 2.45) is 0 Å². The van der Waals surface area contributed by atoms with Crippen LogP contribution in [0, 0.1) is 0 Å². The first-order chi connectivity index (χ1) is 17.7. The second kappa shape index (κ2) is 22.9. The van der Waals surface area contributed by atoms with Crippen LogP contribution in [0.5, 0.6) is 0 Å². The molecule has 10 heteroatoms. The Kier molecular flexibility index (Phi) is 20.1. The minimum Gasteiger partial charge on any atom is -0.460 e. The number of carbonyl (C=O) groups is 2. The lowest BCUT2D eigenvalue weighted by molar-refractivity contribution is -0.139. The van der Waals surface area contributed by atoms with E-state index < -0.39 is 5.97 Å². The van der Waals surface area contributed by atoms with Crippen LogP contribution in [-0.2, 0) is 38.0 Å². The monoisotopic (exact) mass is 511 g/mol. The normalized spacial score (nSPS) is 10.7. The molecule has 10 nitrogen and oxygen atoms in total. The van der Waals surface area contributed by atoms with Crippen LogP contribution in [0.15, 0.2) is 36.9 Å². The lowest BCUT2D eigenvalue weighted by Crippen LogP contribution is -2.15. The number of rotatable bonds is 24. The van der Waals surface area contributed by atoms with Crippen molar-refractivity contribution < 1.29 is 42.7 Å². The molecule has 36 heavy (non-hydrogen) atoms. The fraction of sp³-hybridized carbons (Fsp3) is 0.615. The highest BCUT2D eigenvalue weighted by molar-refractivity contribution is 5.89. The number of anilines is 1. The fourth-order valence-corrected chi connectivity index (χ4v) is 2.65. The second-order valence-electron chi connectivity index (χ2n) is 7.43. The summed E-state index contributed by atoms with van der Waals surface area (Å²) in [5, 5.41) is 3.31. The van der Waals surface area contributed by atoms with Gasteiger partial charge >= 0.3 is 11.9 Å². The van der Waals surface area contributed by atoms with E-state index in [9.17, 15) is 9.59 Å². The summed E-state index contributed by atoms with van der Waals surface area (Å²) in [6.45, 7) is 10.9. The van der Waals surface area contributed by atoms with Gasteiger partial charge in [0.25, 0.3) is 0 Å². The number of carbonyl (C=O) groups excluding carboxylic acids is 2. The average molecular weight is 512 g/mol. The molecule has 0 amide bonds. The molecule has 0 spiro atoms. The molecule has 0 bridgehead atoms. The summed E-state index contributed by atoms with van der Waals surface area (Å²) in [6, 6.07) is 7.26. The van der Waals surface area contributed by atoms with Gasteiger partial charge in [-0.2, -0.15) is 0 Å². The molecule has 0 fully saturated rings. The highest BCUT2D eigenvalue weighted by Crippen LogP contribution is 2.10. The van der Waals surface area contributed by atoms with E-state index in [1.165, 1.54) is 0 Å². The molecule has 1 rings (SSSR count). The number of hydrogen-bond acceptors (Lipinski definition) is 10. The maximum Gasteiger partial charge on any atom is 0.338 e. The van der Waals surface area contributed by atoms with Gasteiger partial charge in [-0.15, -0.1) is 0 Å². The zero-order valence-electron chi connectivity index (χ0n) is 21.4. The van der Waals surface area contributed by atoms with E-state index >= 15 is 0 Å². The lowest BCUT2D eigenvalue weighted by atomic mass is 10.2. The number of esters is 2. The predicted molar refractivity (Wildman–Crippen MR) is 135 cm³/mol.